The van der Waals surface area contributed by atoms with Gasteiger partial charge in [0.2, 0.25) is 11.8 Å². The van der Waals surface area contributed by atoms with Gasteiger partial charge in [-0.05, 0) is 30.2 Å². The largest absolute Gasteiger partial charge is 0.416 e. The maximum atomic E-state index is 14.1. The van der Waals surface area contributed by atoms with Crippen molar-refractivity contribution in [3.05, 3.63) is 65.2 Å². The topological polar surface area (TPSA) is 63.4 Å². The summed E-state index contributed by atoms with van der Waals surface area (Å²) in [6.07, 6.45) is -4.54. The van der Waals surface area contributed by atoms with Crippen molar-refractivity contribution in [3.8, 4) is 0 Å². The molecular weight excluding hydrogens is 383 g/mol. The Hall–Kier alpha value is -2.97. The van der Waals surface area contributed by atoms with Gasteiger partial charge in [-0.1, -0.05) is 24.3 Å². The normalized spacial score (nSPS) is 20.3. The molecule has 0 unspecified atom stereocenters. The monoisotopic (exact) mass is 398 g/mol. The zero-order valence-electron chi connectivity index (χ0n) is 14.3. The molecule has 1 aliphatic rings. The number of carbonyl (C=O) groups is 2. The van der Waals surface area contributed by atoms with Crippen molar-refractivity contribution >= 4 is 17.5 Å². The maximum absolute atomic E-state index is 14.1. The van der Waals surface area contributed by atoms with Crippen LogP contribution in [-0.2, 0) is 15.8 Å². The molecule has 2 aromatic rings. The van der Waals surface area contributed by atoms with E-state index < -0.39 is 47.0 Å². The summed E-state index contributed by atoms with van der Waals surface area (Å²) in [5, 5.41) is 0. The molecule has 9 heteroatoms. The van der Waals surface area contributed by atoms with E-state index in [1.54, 1.807) is 0 Å². The van der Waals surface area contributed by atoms with Crippen molar-refractivity contribution in [2.75, 3.05) is 11.4 Å². The molecule has 0 spiro atoms. The number of hydrogen-bond acceptors (Lipinski definition) is 2. The van der Waals surface area contributed by atoms with Gasteiger partial charge in [-0.25, -0.2) is 8.78 Å². The summed E-state index contributed by atoms with van der Waals surface area (Å²) in [7, 11) is 0. The lowest BCUT2D eigenvalue weighted by molar-refractivity contribution is -0.137. The van der Waals surface area contributed by atoms with E-state index in [2.05, 4.69) is 0 Å². The van der Waals surface area contributed by atoms with E-state index in [1.165, 1.54) is 24.3 Å². The van der Waals surface area contributed by atoms with Crippen LogP contribution in [0.4, 0.5) is 27.6 Å². The van der Waals surface area contributed by atoms with E-state index in [9.17, 15) is 31.5 Å². The number of benzene rings is 2. The first-order valence-corrected chi connectivity index (χ1v) is 8.33. The van der Waals surface area contributed by atoms with Gasteiger partial charge < -0.3 is 10.6 Å². The van der Waals surface area contributed by atoms with Crippen molar-refractivity contribution in [3.63, 3.8) is 0 Å². The number of halogens is 5. The van der Waals surface area contributed by atoms with Crippen molar-refractivity contribution in [2.24, 2.45) is 11.7 Å². The summed E-state index contributed by atoms with van der Waals surface area (Å²) in [6.45, 7) is -0.107. The molecule has 2 aromatic carbocycles. The Balaban J connectivity index is 1.98. The summed E-state index contributed by atoms with van der Waals surface area (Å²) in [5.41, 5.74) is 4.21. The van der Waals surface area contributed by atoms with Gasteiger partial charge in [-0.3, -0.25) is 9.59 Å². The first-order valence-electron chi connectivity index (χ1n) is 8.33. The molecule has 2 amide bonds. The average Bonchev–Trinajstić information content (AvgIpc) is 2.63. The van der Waals surface area contributed by atoms with Gasteiger partial charge >= 0.3 is 6.18 Å². The van der Waals surface area contributed by atoms with E-state index in [0.717, 1.165) is 23.1 Å². The molecule has 4 nitrogen and oxygen atoms in total. The number of rotatable bonds is 3. The highest BCUT2D eigenvalue weighted by atomic mass is 19.4. The van der Waals surface area contributed by atoms with Crippen LogP contribution in [0.1, 0.15) is 23.5 Å². The molecule has 0 radical (unpaired) electrons. The number of nitrogens with zero attached hydrogens (tertiary/aromatic N) is 1. The molecule has 3 rings (SSSR count). The van der Waals surface area contributed by atoms with Crippen LogP contribution in [0, 0.1) is 17.6 Å². The summed E-state index contributed by atoms with van der Waals surface area (Å²) in [5.74, 6) is -6.75. The predicted molar refractivity (Wildman–Crippen MR) is 90.2 cm³/mol. The SMILES string of the molecule is NC(=O)[C@@H]1C(=O)N(c2cccc(F)c2F)CC[C@@H]1c1cccc(C(F)(F)F)c1. The fourth-order valence-electron chi connectivity index (χ4n) is 3.45. The number of alkyl halides is 3. The zero-order chi connectivity index (χ0) is 20.6. The zero-order valence-corrected chi connectivity index (χ0v) is 14.3. The Morgan fingerprint density at radius 3 is 2.43 bits per heavy atom. The number of hydrogen-bond donors (Lipinski definition) is 1. The van der Waals surface area contributed by atoms with E-state index in [1.807, 2.05) is 0 Å². The van der Waals surface area contributed by atoms with Gasteiger partial charge in [0.15, 0.2) is 11.6 Å². The fourth-order valence-corrected chi connectivity index (χ4v) is 3.45. The second-order valence-electron chi connectivity index (χ2n) is 6.46. The van der Waals surface area contributed by atoms with Gasteiger partial charge in [-0.15, -0.1) is 0 Å². The Kier molecular flexibility index (Phi) is 5.10. The number of nitrogens with two attached hydrogens (primary N) is 1. The molecule has 0 aromatic heterocycles. The lowest BCUT2D eigenvalue weighted by atomic mass is 9.79. The van der Waals surface area contributed by atoms with Crippen LogP contribution in [0.15, 0.2) is 42.5 Å². The first kappa shape index (κ1) is 19.8. The number of carbonyl (C=O) groups excluding carboxylic acids is 2. The van der Waals surface area contributed by atoms with E-state index in [4.69, 9.17) is 5.73 Å². The van der Waals surface area contributed by atoms with Crippen LogP contribution in [0.2, 0.25) is 0 Å². The van der Waals surface area contributed by atoms with Gasteiger partial charge in [0.25, 0.3) is 0 Å². The third-order valence-corrected chi connectivity index (χ3v) is 4.77. The van der Waals surface area contributed by atoms with Crippen LogP contribution < -0.4 is 10.6 Å². The minimum absolute atomic E-state index is 0.0522. The number of primary amides is 1. The molecule has 1 fully saturated rings. The quantitative estimate of drug-likeness (QED) is 0.634. The molecular formula is C19H15F5N2O2. The lowest BCUT2D eigenvalue weighted by Gasteiger charge is -2.37. The highest BCUT2D eigenvalue weighted by Crippen LogP contribution is 2.39. The van der Waals surface area contributed by atoms with Crippen LogP contribution in [0.5, 0.6) is 0 Å². The van der Waals surface area contributed by atoms with Gasteiger partial charge in [0.05, 0.1) is 11.3 Å². The lowest BCUT2D eigenvalue weighted by Crippen LogP contribution is -2.50. The molecule has 148 valence electrons. The molecule has 0 bridgehead atoms. The van der Waals surface area contributed by atoms with Crippen LogP contribution in [0.25, 0.3) is 0 Å². The summed E-state index contributed by atoms with van der Waals surface area (Å²) in [6, 6.07) is 7.57. The van der Waals surface area contributed by atoms with E-state index in [-0.39, 0.29) is 24.2 Å². The van der Waals surface area contributed by atoms with Crippen LogP contribution >= 0.6 is 0 Å². The van der Waals surface area contributed by atoms with Gasteiger partial charge in [0.1, 0.15) is 5.92 Å². The number of piperidine rings is 1. The summed E-state index contributed by atoms with van der Waals surface area (Å²) < 4.78 is 66.6. The molecule has 2 N–H and O–H groups in total. The maximum Gasteiger partial charge on any atom is 0.416 e. The summed E-state index contributed by atoms with van der Waals surface area (Å²) in [4.78, 5) is 25.7. The van der Waals surface area contributed by atoms with E-state index >= 15 is 0 Å². The number of anilines is 1. The second-order valence-corrected chi connectivity index (χ2v) is 6.46. The molecule has 2 atom stereocenters. The van der Waals surface area contributed by atoms with Crippen LogP contribution in [-0.4, -0.2) is 18.4 Å². The molecule has 1 saturated heterocycles. The van der Waals surface area contributed by atoms with Crippen molar-refractivity contribution < 1.29 is 31.5 Å². The van der Waals surface area contributed by atoms with E-state index in [0.29, 0.717) is 0 Å². The molecule has 28 heavy (non-hydrogen) atoms. The molecule has 0 saturated carbocycles. The minimum Gasteiger partial charge on any atom is -0.369 e. The van der Waals surface area contributed by atoms with Crippen LogP contribution in [0.3, 0.4) is 0 Å². The van der Waals surface area contributed by atoms with Gasteiger partial charge in [-0.2, -0.15) is 13.2 Å². The predicted octanol–water partition coefficient (Wildman–Crippen LogP) is 3.61. The van der Waals surface area contributed by atoms with Crippen molar-refractivity contribution in [1.29, 1.82) is 0 Å². The third kappa shape index (κ3) is 3.56. The molecule has 1 heterocycles. The Morgan fingerprint density at radius 2 is 1.79 bits per heavy atom. The molecule has 0 aliphatic carbocycles. The second kappa shape index (κ2) is 7.21. The fraction of sp³-hybridized carbons (Fsp3) is 0.263. The van der Waals surface area contributed by atoms with Gasteiger partial charge in [0, 0.05) is 12.5 Å². The Bertz CT molecular complexity index is 929. The molecule has 1 aliphatic heterocycles. The Labute approximate surface area is 156 Å². The Morgan fingerprint density at radius 1 is 1.11 bits per heavy atom. The highest BCUT2D eigenvalue weighted by Gasteiger charge is 2.43. The first-order chi connectivity index (χ1) is 13.1. The van der Waals surface area contributed by atoms with Crippen molar-refractivity contribution in [1.82, 2.24) is 0 Å². The third-order valence-electron chi connectivity index (χ3n) is 4.77. The smallest absolute Gasteiger partial charge is 0.369 e. The highest BCUT2D eigenvalue weighted by molar-refractivity contribution is 6.08. The number of amides is 2. The average molecular weight is 398 g/mol. The standard InChI is InChI=1S/C19H15F5N2O2/c20-13-5-2-6-14(16(13)21)26-8-7-12(15(17(25)27)18(26)28)10-3-1-4-11(9-10)19(22,23)24/h1-6,9,12,15H,7-8H2,(H2,25,27)/t12-,15-/m1/s1. The summed E-state index contributed by atoms with van der Waals surface area (Å²) >= 11 is 0. The van der Waals surface area contributed by atoms with Crippen molar-refractivity contribution in [2.45, 2.75) is 18.5 Å². The minimum atomic E-state index is -4.59.